The molecule has 2 aliphatic rings. The van der Waals surface area contributed by atoms with Gasteiger partial charge in [-0.25, -0.2) is 0 Å². The molecule has 0 spiro atoms. The van der Waals surface area contributed by atoms with E-state index in [-0.39, 0.29) is 17.9 Å². The number of hydrogen-bond donors (Lipinski definition) is 1. The third kappa shape index (κ3) is 3.08. The van der Waals surface area contributed by atoms with Crippen molar-refractivity contribution in [2.45, 2.75) is 44.7 Å². The molecule has 3 heterocycles. The molecule has 1 saturated carbocycles. The average Bonchev–Trinajstić information content (AvgIpc) is 3.16. The Labute approximate surface area is 140 Å². The number of carbonyl (C=O) groups excluding carboxylic acids is 1. The van der Waals surface area contributed by atoms with Crippen LogP contribution in [0.2, 0.25) is 0 Å². The van der Waals surface area contributed by atoms with Gasteiger partial charge in [-0.1, -0.05) is 5.16 Å². The third-order valence-corrected chi connectivity index (χ3v) is 4.79. The minimum absolute atomic E-state index is 0.0840. The minimum Gasteiger partial charge on any atom is -0.381 e. The van der Waals surface area contributed by atoms with Gasteiger partial charge in [-0.15, -0.1) is 0 Å². The summed E-state index contributed by atoms with van der Waals surface area (Å²) in [6, 6.07) is 3.99. The molecule has 24 heavy (non-hydrogen) atoms. The maximum absolute atomic E-state index is 12.8. The molecule has 1 amide bonds. The molecule has 7 nitrogen and oxygen atoms in total. The topological polar surface area (TPSA) is 82.2 Å². The van der Waals surface area contributed by atoms with Gasteiger partial charge >= 0.3 is 0 Å². The van der Waals surface area contributed by atoms with Gasteiger partial charge in [-0.05, 0) is 50.7 Å². The molecule has 1 aliphatic carbocycles. The first kappa shape index (κ1) is 15.4. The first-order valence-electron chi connectivity index (χ1n) is 8.58. The van der Waals surface area contributed by atoms with Crippen molar-refractivity contribution in [3.63, 3.8) is 0 Å². The highest BCUT2D eigenvalue weighted by molar-refractivity contribution is 5.93. The molecule has 1 atom stereocenters. The fraction of sp³-hybridized carbons (Fsp3) is 0.588. The van der Waals surface area contributed by atoms with E-state index in [4.69, 9.17) is 9.26 Å². The Morgan fingerprint density at radius 1 is 1.33 bits per heavy atom. The van der Waals surface area contributed by atoms with Gasteiger partial charge in [0.25, 0.3) is 5.91 Å². The second-order valence-electron chi connectivity index (χ2n) is 6.61. The van der Waals surface area contributed by atoms with Gasteiger partial charge in [0.2, 0.25) is 5.89 Å². The standard InChI is InChI=1S/C17H22N4O3/c1-11-18-17(24-20-11)15(12-6-9-23-10-7-12)19-16(22)14-3-2-8-21(14)13-4-5-13/h2-3,8,12-13,15H,4-7,9-10H2,1H3,(H,19,22). The molecule has 2 aromatic rings. The quantitative estimate of drug-likeness (QED) is 0.910. The maximum atomic E-state index is 12.8. The highest BCUT2D eigenvalue weighted by atomic mass is 16.5. The van der Waals surface area contributed by atoms with Crippen molar-refractivity contribution in [1.29, 1.82) is 0 Å². The van der Waals surface area contributed by atoms with Gasteiger partial charge in [-0.2, -0.15) is 4.98 Å². The number of carbonyl (C=O) groups is 1. The van der Waals surface area contributed by atoms with Crippen LogP contribution in [0.15, 0.2) is 22.9 Å². The van der Waals surface area contributed by atoms with Crippen molar-refractivity contribution >= 4 is 5.91 Å². The molecule has 2 fully saturated rings. The van der Waals surface area contributed by atoms with Crippen LogP contribution in [0.1, 0.15) is 60.0 Å². The van der Waals surface area contributed by atoms with E-state index < -0.39 is 0 Å². The molecule has 1 unspecified atom stereocenters. The Hall–Kier alpha value is -2.15. The van der Waals surface area contributed by atoms with Gasteiger partial charge in [-0.3, -0.25) is 4.79 Å². The fourth-order valence-electron chi connectivity index (χ4n) is 3.34. The molecule has 1 saturated heterocycles. The SMILES string of the molecule is Cc1noc(C(NC(=O)c2cccn2C2CC2)C2CCOCC2)n1. The summed E-state index contributed by atoms with van der Waals surface area (Å²) in [5, 5.41) is 7.01. The van der Waals surface area contributed by atoms with Crippen molar-refractivity contribution in [2.24, 2.45) is 5.92 Å². The minimum atomic E-state index is -0.273. The summed E-state index contributed by atoms with van der Waals surface area (Å²) in [7, 11) is 0. The van der Waals surface area contributed by atoms with Gasteiger partial charge in [0, 0.05) is 25.5 Å². The van der Waals surface area contributed by atoms with Crippen molar-refractivity contribution in [3.05, 3.63) is 35.7 Å². The van der Waals surface area contributed by atoms with Crippen molar-refractivity contribution in [1.82, 2.24) is 20.0 Å². The van der Waals surface area contributed by atoms with E-state index >= 15 is 0 Å². The lowest BCUT2D eigenvalue weighted by atomic mass is 9.91. The Morgan fingerprint density at radius 3 is 2.79 bits per heavy atom. The zero-order chi connectivity index (χ0) is 16.5. The lowest BCUT2D eigenvalue weighted by Crippen LogP contribution is -2.37. The molecule has 0 aromatic carbocycles. The van der Waals surface area contributed by atoms with Crippen LogP contribution < -0.4 is 5.32 Å². The summed E-state index contributed by atoms with van der Waals surface area (Å²) < 4.78 is 12.9. The Bertz CT molecular complexity index is 713. The normalized spacial score (nSPS) is 20.0. The van der Waals surface area contributed by atoms with Crippen LogP contribution in [0, 0.1) is 12.8 Å². The predicted octanol–water partition coefficient (Wildman–Crippen LogP) is 2.41. The molecular formula is C17H22N4O3. The number of rotatable bonds is 5. The van der Waals surface area contributed by atoms with E-state index in [9.17, 15) is 4.79 Å². The molecule has 1 N–H and O–H groups in total. The number of hydrogen-bond acceptors (Lipinski definition) is 5. The average molecular weight is 330 g/mol. The van der Waals surface area contributed by atoms with Crippen LogP contribution >= 0.6 is 0 Å². The summed E-state index contributed by atoms with van der Waals surface area (Å²) in [4.78, 5) is 17.2. The van der Waals surface area contributed by atoms with Gasteiger partial charge in [0.15, 0.2) is 5.82 Å². The second kappa shape index (κ2) is 6.39. The van der Waals surface area contributed by atoms with Gasteiger partial charge in [0.1, 0.15) is 11.7 Å². The first-order valence-corrected chi connectivity index (χ1v) is 8.58. The number of ether oxygens (including phenoxy) is 1. The zero-order valence-corrected chi connectivity index (χ0v) is 13.8. The van der Waals surface area contributed by atoms with E-state index in [1.807, 2.05) is 18.3 Å². The number of amides is 1. The molecule has 2 aromatic heterocycles. The van der Waals surface area contributed by atoms with Crippen LogP contribution in [-0.4, -0.2) is 33.8 Å². The third-order valence-electron chi connectivity index (χ3n) is 4.79. The molecule has 4 rings (SSSR count). The largest absolute Gasteiger partial charge is 0.381 e. The molecule has 0 radical (unpaired) electrons. The van der Waals surface area contributed by atoms with E-state index in [0.29, 0.717) is 36.7 Å². The van der Waals surface area contributed by atoms with E-state index in [1.54, 1.807) is 6.92 Å². The monoisotopic (exact) mass is 330 g/mol. The van der Waals surface area contributed by atoms with Crippen LogP contribution in [0.4, 0.5) is 0 Å². The summed E-state index contributed by atoms with van der Waals surface area (Å²) in [5.74, 6) is 1.22. The lowest BCUT2D eigenvalue weighted by Gasteiger charge is -2.28. The van der Waals surface area contributed by atoms with Crippen LogP contribution in [0.25, 0.3) is 0 Å². The highest BCUT2D eigenvalue weighted by Crippen LogP contribution is 2.36. The number of nitrogens with zero attached hydrogens (tertiary/aromatic N) is 3. The molecule has 1 aliphatic heterocycles. The summed E-state index contributed by atoms with van der Waals surface area (Å²) in [6.07, 6.45) is 6.00. The van der Waals surface area contributed by atoms with Gasteiger partial charge < -0.3 is 19.1 Å². The zero-order valence-electron chi connectivity index (χ0n) is 13.8. The lowest BCUT2D eigenvalue weighted by molar-refractivity contribution is 0.0466. The summed E-state index contributed by atoms with van der Waals surface area (Å²) in [5.41, 5.74) is 0.700. The van der Waals surface area contributed by atoms with E-state index in [0.717, 1.165) is 25.7 Å². The van der Waals surface area contributed by atoms with Crippen molar-refractivity contribution in [3.8, 4) is 0 Å². The Morgan fingerprint density at radius 2 is 2.12 bits per heavy atom. The van der Waals surface area contributed by atoms with E-state index in [2.05, 4.69) is 20.0 Å². The first-order chi connectivity index (χ1) is 11.7. The fourth-order valence-corrected chi connectivity index (χ4v) is 3.34. The number of nitrogens with one attached hydrogen (secondary N) is 1. The molecular weight excluding hydrogens is 308 g/mol. The highest BCUT2D eigenvalue weighted by Gasteiger charge is 2.33. The molecule has 0 bridgehead atoms. The van der Waals surface area contributed by atoms with Crippen molar-refractivity contribution < 1.29 is 14.1 Å². The Kier molecular flexibility index (Phi) is 4.10. The van der Waals surface area contributed by atoms with Crippen LogP contribution in [0.5, 0.6) is 0 Å². The van der Waals surface area contributed by atoms with Crippen LogP contribution in [-0.2, 0) is 4.74 Å². The maximum Gasteiger partial charge on any atom is 0.268 e. The smallest absolute Gasteiger partial charge is 0.268 e. The van der Waals surface area contributed by atoms with Crippen molar-refractivity contribution in [2.75, 3.05) is 13.2 Å². The van der Waals surface area contributed by atoms with Gasteiger partial charge in [0.05, 0.1) is 0 Å². The summed E-state index contributed by atoms with van der Waals surface area (Å²) in [6.45, 7) is 3.18. The predicted molar refractivity (Wildman–Crippen MR) is 85.5 cm³/mol. The van der Waals surface area contributed by atoms with E-state index in [1.165, 1.54) is 0 Å². The number of aryl methyl sites for hydroxylation is 1. The molecule has 128 valence electrons. The second-order valence-corrected chi connectivity index (χ2v) is 6.61. The number of aromatic nitrogens is 3. The summed E-state index contributed by atoms with van der Waals surface area (Å²) >= 11 is 0. The Balaban J connectivity index is 1.56. The van der Waals surface area contributed by atoms with Crippen LogP contribution in [0.3, 0.4) is 0 Å². The molecule has 7 heteroatoms.